The van der Waals surface area contributed by atoms with Crippen molar-refractivity contribution in [3.05, 3.63) is 53.2 Å². The van der Waals surface area contributed by atoms with Gasteiger partial charge in [-0.25, -0.2) is 9.97 Å². The molecule has 0 saturated carbocycles. The van der Waals surface area contributed by atoms with Gasteiger partial charge in [0.1, 0.15) is 37.3 Å². The molecule has 3 heterocycles. The van der Waals surface area contributed by atoms with Crippen LogP contribution in [-0.4, -0.2) is 53.1 Å². The van der Waals surface area contributed by atoms with E-state index in [9.17, 15) is 10.4 Å². The van der Waals surface area contributed by atoms with Crippen molar-refractivity contribution in [1.29, 1.82) is 5.26 Å². The zero-order chi connectivity index (χ0) is 24.6. The zero-order valence-electron chi connectivity index (χ0n) is 20.2. The minimum Gasteiger partial charge on any atom is -0.486 e. The number of unbranched alkanes of at least 4 members (excludes halogenated alkanes) is 1. The molecule has 2 aromatic heterocycles. The summed E-state index contributed by atoms with van der Waals surface area (Å²) < 4.78 is 19.3. The number of aliphatic hydroxyl groups excluding tert-OH is 1. The molecular formula is C26H31N5O4. The molecule has 1 aliphatic heterocycles. The number of nitriles is 1. The lowest BCUT2D eigenvalue weighted by atomic mass is 10.0. The highest BCUT2D eigenvalue weighted by atomic mass is 16.6. The molecule has 0 bridgehead atoms. The van der Waals surface area contributed by atoms with Gasteiger partial charge in [-0.15, -0.1) is 0 Å². The van der Waals surface area contributed by atoms with Crippen molar-refractivity contribution in [3.8, 4) is 34.6 Å². The lowest BCUT2D eigenvalue weighted by molar-refractivity contribution is 0.171. The average molecular weight is 478 g/mol. The van der Waals surface area contributed by atoms with Crippen LogP contribution in [0.4, 0.5) is 0 Å². The molecule has 0 fully saturated rings. The molecule has 2 N–H and O–H groups in total. The summed E-state index contributed by atoms with van der Waals surface area (Å²) in [5, 5.41) is 22.7. The number of nitrogens with zero attached hydrogens (tertiary/aromatic N) is 4. The molecule has 9 heteroatoms. The van der Waals surface area contributed by atoms with Gasteiger partial charge >= 0.3 is 0 Å². The molecule has 35 heavy (non-hydrogen) atoms. The number of pyridine rings is 1. The Bertz CT molecular complexity index is 1200. The number of aryl methyl sites for hydroxylation is 1. The van der Waals surface area contributed by atoms with Gasteiger partial charge in [-0.3, -0.25) is 0 Å². The highest BCUT2D eigenvalue weighted by Crippen LogP contribution is 2.37. The molecule has 0 unspecified atom stereocenters. The van der Waals surface area contributed by atoms with Crippen molar-refractivity contribution in [2.24, 2.45) is 0 Å². The zero-order valence-corrected chi connectivity index (χ0v) is 20.2. The van der Waals surface area contributed by atoms with Crippen LogP contribution in [0.15, 0.2) is 30.5 Å². The second-order valence-electron chi connectivity index (χ2n) is 8.29. The number of fused-ring (bicyclic) bond motifs is 1. The van der Waals surface area contributed by atoms with E-state index in [1.807, 2.05) is 36.7 Å². The Morgan fingerprint density at radius 3 is 2.80 bits per heavy atom. The highest BCUT2D eigenvalue weighted by Gasteiger charge is 2.19. The van der Waals surface area contributed by atoms with Crippen LogP contribution in [0.3, 0.4) is 0 Å². The number of imidazole rings is 1. The Labute approximate surface area is 205 Å². The van der Waals surface area contributed by atoms with Crippen LogP contribution >= 0.6 is 0 Å². The first-order valence-electron chi connectivity index (χ1n) is 11.9. The maximum absolute atomic E-state index is 9.94. The van der Waals surface area contributed by atoms with E-state index in [1.165, 1.54) is 0 Å². The topological polar surface area (TPSA) is 114 Å². The fraction of sp³-hybridized carbons (Fsp3) is 0.423. The molecule has 0 aliphatic carbocycles. The second kappa shape index (κ2) is 11.7. The van der Waals surface area contributed by atoms with Gasteiger partial charge in [0.05, 0.1) is 12.3 Å². The molecule has 184 valence electrons. The number of rotatable bonds is 11. The molecule has 0 spiro atoms. The van der Waals surface area contributed by atoms with Gasteiger partial charge in [-0.1, -0.05) is 6.07 Å². The number of aliphatic hydroxyl groups is 1. The van der Waals surface area contributed by atoms with Crippen LogP contribution < -0.4 is 19.5 Å². The standard InChI is InChI=1S/C26H31N5O4/c1-18-22(5-3-4-9-28-2)31(11-12-32)25(30-18)17-35-26-21(16-27)20(8-10-29-26)19-6-7-23-24(15-19)34-14-13-33-23/h6-8,10,15,28,32H,3-5,9,11-14,17H2,1-2H3. The largest absolute Gasteiger partial charge is 0.486 e. The first kappa shape index (κ1) is 24.5. The van der Waals surface area contributed by atoms with E-state index in [0.717, 1.165) is 42.8 Å². The Morgan fingerprint density at radius 2 is 2.03 bits per heavy atom. The van der Waals surface area contributed by atoms with Crippen molar-refractivity contribution >= 4 is 0 Å². The van der Waals surface area contributed by atoms with Crippen molar-refractivity contribution < 1.29 is 19.3 Å². The number of aromatic nitrogens is 3. The summed E-state index contributed by atoms with van der Waals surface area (Å²) in [6.45, 7) is 4.54. The molecule has 0 atom stereocenters. The molecule has 9 nitrogen and oxygen atoms in total. The molecule has 1 aliphatic rings. The molecule has 0 amide bonds. The first-order valence-corrected chi connectivity index (χ1v) is 11.9. The third kappa shape index (κ3) is 5.56. The van der Waals surface area contributed by atoms with Crippen molar-refractivity contribution in [2.75, 3.05) is 33.4 Å². The number of ether oxygens (including phenoxy) is 3. The van der Waals surface area contributed by atoms with Gasteiger partial charge in [0, 0.05) is 24.0 Å². The van der Waals surface area contributed by atoms with E-state index in [4.69, 9.17) is 19.2 Å². The van der Waals surface area contributed by atoms with E-state index in [1.54, 1.807) is 12.3 Å². The summed E-state index contributed by atoms with van der Waals surface area (Å²) in [6, 6.07) is 9.64. The summed E-state index contributed by atoms with van der Waals surface area (Å²) >= 11 is 0. The second-order valence-corrected chi connectivity index (χ2v) is 8.29. The van der Waals surface area contributed by atoms with E-state index in [-0.39, 0.29) is 19.1 Å². The summed E-state index contributed by atoms with van der Waals surface area (Å²) in [4.78, 5) is 9.02. The first-order chi connectivity index (χ1) is 17.2. The number of nitrogens with one attached hydrogen (secondary N) is 1. The van der Waals surface area contributed by atoms with Crippen LogP contribution in [0.5, 0.6) is 17.4 Å². The number of benzene rings is 1. The summed E-state index contributed by atoms with van der Waals surface area (Å²) in [6.07, 6.45) is 4.59. The van der Waals surface area contributed by atoms with Gasteiger partial charge in [0.25, 0.3) is 0 Å². The molecular weight excluding hydrogens is 446 g/mol. The summed E-state index contributed by atoms with van der Waals surface area (Å²) in [5.74, 6) is 2.29. The Kier molecular flexibility index (Phi) is 8.19. The average Bonchev–Trinajstić information content (AvgIpc) is 3.18. The fourth-order valence-electron chi connectivity index (χ4n) is 4.30. The Morgan fingerprint density at radius 1 is 1.20 bits per heavy atom. The Balaban J connectivity index is 1.56. The molecule has 0 radical (unpaired) electrons. The third-order valence-electron chi connectivity index (χ3n) is 5.98. The predicted molar refractivity (Wildman–Crippen MR) is 131 cm³/mol. The minimum atomic E-state index is 0.00755. The van der Waals surface area contributed by atoms with Crippen molar-refractivity contribution in [3.63, 3.8) is 0 Å². The van der Waals surface area contributed by atoms with Gasteiger partial charge in [-0.05, 0) is 63.5 Å². The minimum absolute atomic E-state index is 0.00755. The van der Waals surface area contributed by atoms with Crippen LogP contribution in [0, 0.1) is 18.3 Å². The van der Waals surface area contributed by atoms with Gasteiger partial charge in [-0.2, -0.15) is 5.26 Å². The number of hydrogen-bond acceptors (Lipinski definition) is 8. The fourth-order valence-corrected chi connectivity index (χ4v) is 4.30. The summed E-state index contributed by atoms with van der Waals surface area (Å²) in [5.41, 5.74) is 3.90. The SMILES string of the molecule is CNCCCCc1c(C)nc(COc2nccc(-c3ccc4c(c3)OCCO4)c2C#N)n1CCO. The normalized spacial score (nSPS) is 12.4. The van der Waals surface area contributed by atoms with Gasteiger partial charge in [0.2, 0.25) is 5.88 Å². The number of hydrogen-bond donors (Lipinski definition) is 2. The van der Waals surface area contributed by atoms with E-state index in [0.29, 0.717) is 48.2 Å². The molecule has 3 aromatic rings. The quantitative estimate of drug-likeness (QED) is 0.405. The van der Waals surface area contributed by atoms with Crippen LogP contribution in [-0.2, 0) is 19.6 Å². The third-order valence-corrected chi connectivity index (χ3v) is 5.98. The highest BCUT2D eigenvalue weighted by molar-refractivity contribution is 5.74. The van der Waals surface area contributed by atoms with E-state index < -0.39 is 0 Å². The molecule has 0 saturated heterocycles. The van der Waals surface area contributed by atoms with Gasteiger partial charge < -0.3 is 29.2 Å². The maximum atomic E-state index is 9.94. The van der Waals surface area contributed by atoms with E-state index in [2.05, 4.69) is 16.4 Å². The summed E-state index contributed by atoms with van der Waals surface area (Å²) in [7, 11) is 1.95. The van der Waals surface area contributed by atoms with Crippen molar-refractivity contribution in [2.45, 2.75) is 39.3 Å². The lowest BCUT2D eigenvalue weighted by Crippen LogP contribution is -2.15. The van der Waals surface area contributed by atoms with Gasteiger partial charge in [0.15, 0.2) is 11.5 Å². The Hall–Kier alpha value is -3.61. The smallest absolute Gasteiger partial charge is 0.232 e. The monoisotopic (exact) mass is 477 g/mol. The van der Waals surface area contributed by atoms with E-state index >= 15 is 0 Å². The van der Waals surface area contributed by atoms with Crippen LogP contribution in [0.1, 0.15) is 35.6 Å². The molecule has 1 aromatic carbocycles. The van der Waals surface area contributed by atoms with Crippen LogP contribution in [0.2, 0.25) is 0 Å². The maximum Gasteiger partial charge on any atom is 0.232 e. The van der Waals surface area contributed by atoms with Crippen molar-refractivity contribution in [1.82, 2.24) is 19.9 Å². The van der Waals surface area contributed by atoms with Crippen LogP contribution in [0.25, 0.3) is 11.1 Å². The lowest BCUT2D eigenvalue weighted by Gasteiger charge is -2.19. The molecule has 4 rings (SSSR count). The predicted octanol–water partition coefficient (Wildman–Crippen LogP) is 3.01.